The van der Waals surface area contributed by atoms with Crippen molar-refractivity contribution in [1.82, 2.24) is 0 Å². The molecule has 3 fully saturated rings. The number of hydrogen-bond acceptors (Lipinski definition) is 4. The minimum absolute atomic E-state index is 0.0642. The molecule has 0 spiro atoms. The molecule has 0 radical (unpaired) electrons. The van der Waals surface area contributed by atoms with Gasteiger partial charge in [0.2, 0.25) is 0 Å². The van der Waals surface area contributed by atoms with Crippen LogP contribution in [0.1, 0.15) is 91.9 Å². The van der Waals surface area contributed by atoms with E-state index in [0.29, 0.717) is 29.6 Å². The Hall–Kier alpha value is -1.38. The first-order valence-electron chi connectivity index (χ1n) is 15.5. The first-order chi connectivity index (χ1) is 19.1. The fraction of sp³-hybridized carbons (Fsp3) is 0.758. The summed E-state index contributed by atoms with van der Waals surface area (Å²) in [6, 6.07) is 8.58. The van der Waals surface area contributed by atoms with Crippen LogP contribution in [0.5, 0.6) is 0 Å². The molecule has 3 saturated carbocycles. The third-order valence-electron chi connectivity index (χ3n) is 12.4. The van der Waals surface area contributed by atoms with E-state index in [1.807, 2.05) is 13.0 Å². The van der Waals surface area contributed by atoms with Crippen LogP contribution in [0, 0.1) is 40.4 Å². The van der Waals surface area contributed by atoms with E-state index in [1.54, 1.807) is 30.3 Å². The van der Waals surface area contributed by atoms with E-state index in [1.165, 1.54) is 0 Å². The Kier molecular flexibility index (Phi) is 8.07. The summed E-state index contributed by atoms with van der Waals surface area (Å²) in [4.78, 5) is 0.303. The Morgan fingerprint density at radius 3 is 2.34 bits per heavy atom. The highest BCUT2D eigenvalue weighted by Crippen LogP contribution is 2.68. The van der Waals surface area contributed by atoms with Crippen molar-refractivity contribution >= 4 is 9.84 Å². The van der Waals surface area contributed by atoms with Gasteiger partial charge in [-0.2, -0.15) is 13.2 Å². The smallest absolute Gasteiger partial charge is 0.393 e. The van der Waals surface area contributed by atoms with Gasteiger partial charge >= 0.3 is 6.18 Å². The summed E-state index contributed by atoms with van der Waals surface area (Å²) in [6.45, 7) is 8.40. The number of hydrogen-bond donors (Lipinski definition) is 2. The fourth-order valence-electron chi connectivity index (χ4n) is 9.90. The Morgan fingerprint density at radius 1 is 1.02 bits per heavy atom. The van der Waals surface area contributed by atoms with Crippen molar-refractivity contribution in [3.05, 3.63) is 42.0 Å². The zero-order valence-corrected chi connectivity index (χ0v) is 25.6. The van der Waals surface area contributed by atoms with Crippen LogP contribution in [-0.4, -0.2) is 41.8 Å². The number of benzene rings is 1. The first kappa shape index (κ1) is 31.1. The third-order valence-corrected chi connectivity index (χ3v) is 14.8. The maximum Gasteiger partial charge on any atom is 0.417 e. The van der Waals surface area contributed by atoms with Crippen molar-refractivity contribution in [2.45, 2.75) is 120 Å². The molecule has 4 aliphatic rings. The molecule has 10 atom stereocenters. The molecular formula is C33H47F3O4S. The Morgan fingerprint density at radius 2 is 1.71 bits per heavy atom. The second kappa shape index (κ2) is 10.7. The number of halogens is 3. The van der Waals surface area contributed by atoms with Crippen molar-refractivity contribution in [1.29, 1.82) is 0 Å². The van der Waals surface area contributed by atoms with E-state index in [4.69, 9.17) is 0 Å². The van der Waals surface area contributed by atoms with Crippen LogP contribution in [0.3, 0.4) is 0 Å². The molecular weight excluding hydrogens is 549 g/mol. The third kappa shape index (κ3) is 5.02. The molecule has 2 unspecified atom stereocenters. The Balaban J connectivity index is 1.42. The lowest BCUT2D eigenvalue weighted by molar-refractivity contribution is -0.271. The summed E-state index contributed by atoms with van der Waals surface area (Å²) in [5.74, 6) is 1.04. The Labute approximate surface area is 243 Å². The summed E-state index contributed by atoms with van der Waals surface area (Å²) in [6.07, 6.45) is 1.65. The van der Waals surface area contributed by atoms with Gasteiger partial charge < -0.3 is 10.2 Å². The molecule has 2 N–H and O–H groups in total. The number of fused-ring (bicyclic) bond motifs is 5. The highest BCUT2D eigenvalue weighted by atomic mass is 32.2. The van der Waals surface area contributed by atoms with Gasteiger partial charge in [-0.25, -0.2) is 8.42 Å². The molecule has 1 aromatic carbocycles. The SMILES string of the molecule is CC[C@@H](O)CC([C@@H](C)[C@H]1CC[C@H]2[C@@H]3CC=C4C[C@](O)(C(F)(F)F)CC[C@]4(C)C3CC[C@]12C)S(=O)(=O)c1ccccc1. The number of aliphatic hydroxyl groups is 2. The van der Waals surface area contributed by atoms with Gasteiger partial charge in [0.05, 0.1) is 16.2 Å². The zero-order valence-electron chi connectivity index (χ0n) is 24.8. The van der Waals surface area contributed by atoms with Gasteiger partial charge in [0.1, 0.15) is 0 Å². The maximum atomic E-state index is 14.0. The molecule has 5 rings (SSSR count). The fourth-order valence-corrected chi connectivity index (χ4v) is 12.0. The molecule has 0 saturated heterocycles. The van der Waals surface area contributed by atoms with E-state index in [-0.39, 0.29) is 47.8 Å². The monoisotopic (exact) mass is 596 g/mol. The molecule has 41 heavy (non-hydrogen) atoms. The summed E-state index contributed by atoms with van der Waals surface area (Å²) in [7, 11) is -3.66. The minimum atomic E-state index is -4.63. The average Bonchev–Trinajstić information content (AvgIpc) is 3.28. The van der Waals surface area contributed by atoms with Gasteiger partial charge in [0, 0.05) is 6.42 Å². The van der Waals surface area contributed by atoms with E-state index in [0.717, 1.165) is 37.7 Å². The summed E-state index contributed by atoms with van der Waals surface area (Å²) in [5.41, 5.74) is -2.26. The first-order valence-corrected chi connectivity index (χ1v) is 17.1. The molecule has 4 aliphatic carbocycles. The molecule has 8 heteroatoms. The van der Waals surface area contributed by atoms with Crippen LogP contribution in [0.2, 0.25) is 0 Å². The molecule has 0 aliphatic heterocycles. The topological polar surface area (TPSA) is 74.6 Å². The lowest BCUT2D eigenvalue weighted by Gasteiger charge is -2.59. The van der Waals surface area contributed by atoms with Gasteiger partial charge in [0.15, 0.2) is 15.4 Å². The van der Waals surface area contributed by atoms with Crippen LogP contribution in [0.4, 0.5) is 13.2 Å². The predicted molar refractivity (Wildman–Crippen MR) is 154 cm³/mol. The van der Waals surface area contributed by atoms with Crippen molar-refractivity contribution in [3.8, 4) is 0 Å². The Bertz CT molecular complexity index is 1250. The zero-order chi connectivity index (χ0) is 30.0. The minimum Gasteiger partial charge on any atom is -0.393 e. The molecule has 0 bridgehead atoms. The largest absolute Gasteiger partial charge is 0.417 e. The molecule has 1 aromatic rings. The van der Waals surface area contributed by atoms with Crippen molar-refractivity contribution in [3.63, 3.8) is 0 Å². The lowest BCUT2D eigenvalue weighted by atomic mass is 9.46. The van der Waals surface area contributed by atoms with Crippen molar-refractivity contribution < 1.29 is 31.8 Å². The molecule has 0 heterocycles. The van der Waals surface area contributed by atoms with Crippen molar-refractivity contribution in [2.75, 3.05) is 0 Å². The quantitative estimate of drug-likeness (QED) is 0.320. The van der Waals surface area contributed by atoms with Gasteiger partial charge in [-0.15, -0.1) is 0 Å². The number of alkyl halides is 3. The van der Waals surface area contributed by atoms with Gasteiger partial charge in [-0.1, -0.05) is 57.5 Å². The van der Waals surface area contributed by atoms with Crippen LogP contribution >= 0.6 is 0 Å². The van der Waals surface area contributed by atoms with Gasteiger partial charge in [-0.05, 0) is 110 Å². The van der Waals surface area contributed by atoms with Gasteiger partial charge in [0.25, 0.3) is 0 Å². The second-order valence-electron chi connectivity index (χ2n) is 14.2. The molecule has 4 nitrogen and oxygen atoms in total. The van der Waals surface area contributed by atoms with E-state index in [9.17, 15) is 31.8 Å². The van der Waals surface area contributed by atoms with Crippen LogP contribution in [-0.2, 0) is 9.84 Å². The van der Waals surface area contributed by atoms with E-state index < -0.39 is 33.0 Å². The standard InChI is InChI=1S/C33H47F3O4S/c1-5-23(37)19-29(41(39,40)24-9-7-6-8-10-24)21(2)26-13-14-27-25-12-11-22-20-32(38,33(34,35)36)18-17-30(22,3)28(25)15-16-31(26,27)4/h6-11,21,23,25-29,37-38H,5,12-20H2,1-4H3/t21-,23+,25-,26+,27-,28?,29?,30-,31+,32-/m0/s1. The molecule has 0 amide bonds. The lowest BCUT2D eigenvalue weighted by Crippen LogP contribution is -2.56. The van der Waals surface area contributed by atoms with Gasteiger partial charge in [-0.3, -0.25) is 0 Å². The van der Waals surface area contributed by atoms with E-state index >= 15 is 0 Å². The number of sulfone groups is 1. The molecule has 230 valence electrons. The normalized spacial score (nSPS) is 39.6. The number of rotatable bonds is 7. The number of aliphatic hydroxyl groups excluding tert-OH is 1. The predicted octanol–water partition coefficient (Wildman–Crippen LogP) is 7.50. The van der Waals surface area contributed by atoms with E-state index in [2.05, 4.69) is 20.8 Å². The summed E-state index contributed by atoms with van der Waals surface area (Å²) < 4.78 is 69.1. The van der Waals surface area contributed by atoms with Crippen LogP contribution in [0.25, 0.3) is 0 Å². The summed E-state index contributed by atoms with van der Waals surface area (Å²) in [5, 5.41) is 20.5. The van der Waals surface area contributed by atoms with Crippen molar-refractivity contribution in [2.24, 2.45) is 40.4 Å². The van der Waals surface area contributed by atoms with Crippen LogP contribution in [0.15, 0.2) is 46.9 Å². The second-order valence-corrected chi connectivity index (χ2v) is 16.4. The average molecular weight is 597 g/mol. The maximum absolute atomic E-state index is 14.0. The number of allylic oxidation sites excluding steroid dienone is 1. The van der Waals surface area contributed by atoms with Crippen LogP contribution < -0.4 is 0 Å². The highest BCUT2D eigenvalue weighted by molar-refractivity contribution is 7.92. The highest BCUT2D eigenvalue weighted by Gasteiger charge is 2.64. The summed E-state index contributed by atoms with van der Waals surface area (Å²) >= 11 is 0. The molecule has 0 aromatic heterocycles.